The number of aryl methyl sites for hydroxylation is 1. The van der Waals surface area contributed by atoms with Gasteiger partial charge in [0.25, 0.3) is 0 Å². The van der Waals surface area contributed by atoms with E-state index in [2.05, 4.69) is 49.4 Å². The Kier molecular flexibility index (Phi) is 3.40. The molecule has 0 aliphatic carbocycles. The van der Waals surface area contributed by atoms with Crippen LogP contribution in [0.25, 0.3) is 10.9 Å². The molecule has 0 atom stereocenters. The number of carbonyl (C=O) groups is 1. The lowest BCUT2D eigenvalue weighted by Gasteiger charge is -2.18. The van der Waals surface area contributed by atoms with Crippen molar-refractivity contribution in [2.75, 3.05) is 0 Å². The van der Waals surface area contributed by atoms with Crippen LogP contribution in [-0.2, 0) is 20.1 Å². The molecule has 3 heteroatoms. The van der Waals surface area contributed by atoms with Crippen LogP contribution in [0.3, 0.4) is 0 Å². The molecule has 3 rings (SSSR count). The zero-order chi connectivity index (χ0) is 15.3. The Morgan fingerprint density at radius 1 is 1.24 bits per heavy atom. The van der Waals surface area contributed by atoms with Gasteiger partial charge in [0.1, 0.15) is 0 Å². The first-order valence-corrected chi connectivity index (χ1v) is 7.82. The van der Waals surface area contributed by atoms with Crippen molar-refractivity contribution in [1.82, 2.24) is 9.47 Å². The molecule has 1 aliphatic rings. The molecule has 0 saturated carbocycles. The summed E-state index contributed by atoms with van der Waals surface area (Å²) in [6, 6.07) is 5.09. The predicted octanol–water partition coefficient (Wildman–Crippen LogP) is 3.80. The molecule has 0 radical (unpaired) electrons. The van der Waals surface area contributed by atoms with Gasteiger partial charge in [-0.25, -0.2) is 0 Å². The van der Waals surface area contributed by atoms with E-state index in [4.69, 9.17) is 0 Å². The van der Waals surface area contributed by atoms with Crippen molar-refractivity contribution in [2.45, 2.75) is 53.2 Å². The maximum Gasteiger partial charge on any atom is 0.165 e. The van der Waals surface area contributed by atoms with Gasteiger partial charge >= 0.3 is 0 Å². The highest BCUT2D eigenvalue weighted by Crippen LogP contribution is 2.33. The molecule has 0 fully saturated rings. The second-order valence-corrected chi connectivity index (χ2v) is 6.43. The molecule has 21 heavy (non-hydrogen) atoms. The SMILES string of the molecule is CCC(=O)c1c(C)n(C)c2cc3c(cc12)CN(C(C)C)C3. The monoisotopic (exact) mass is 284 g/mol. The molecule has 0 bridgehead atoms. The van der Waals surface area contributed by atoms with E-state index >= 15 is 0 Å². The second-order valence-electron chi connectivity index (χ2n) is 6.43. The summed E-state index contributed by atoms with van der Waals surface area (Å²) in [7, 11) is 2.06. The fourth-order valence-corrected chi connectivity index (χ4v) is 3.38. The number of carbonyl (C=O) groups excluding carboxylic acids is 1. The van der Waals surface area contributed by atoms with E-state index in [1.54, 1.807) is 0 Å². The second kappa shape index (κ2) is 4.99. The van der Waals surface area contributed by atoms with Crippen LogP contribution < -0.4 is 0 Å². The Hall–Kier alpha value is -1.61. The van der Waals surface area contributed by atoms with E-state index in [9.17, 15) is 4.79 Å². The van der Waals surface area contributed by atoms with E-state index in [1.165, 1.54) is 16.6 Å². The first kappa shape index (κ1) is 14.3. The molecule has 112 valence electrons. The van der Waals surface area contributed by atoms with Crippen LogP contribution >= 0.6 is 0 Å². The molecule has 1 aromatic carbocycles. The van der Waals surface area contributed by atoms with Gasteiger partial charge in [0.05, 0.1) is 0 Å². The Labute approximate surface area is 126 Å². The van der Waals surface area contributed by atoms with Crippen molar-refractivity contribution in [1.29, 1.82) is 0 Å². The van der Waals surface area contributed by atoms with Crippen molar-refractivity contribution in [2.24, 2.45) is 7.05 Å². The summed E-state index contributed by atoms with van der Waals surface area (Å²) in [5.74, 6) is 0.247. The average molecular weight is 284 g/mol. The molecular formula is C18H24N2O. The highest BCUT2D eigenvalue weighted by molar-refractivity contribution is 6.09. The Bertz CT molecular complexity index is 725. The van der Waals surface area contributed by atoms with E-state index < -0.39 is 0 Å². The lowest BCUT2D eigenvalue weighted by Crippen LogP contribution is -2.24. The van der Waals surface area contributed by atoms with Crippen molar-refractivity contribution in [3.05, 3.63) is 34.5 Å². The van der Waals surface area contributed by atoms with Gasteiger partial charge in [-0.2, -0.15) is 0 Å². The van der Waals surface area contributed by atoms with Crippen LogP contribution in [0.4, 0.5) is 0 Å². The molecule has 1 aromatic heterocycles. The number of ketones is 1. The molecule has 0 N–H and O–H groups in total. The standard InChI is InChI=1S/C18H24N2O/c1-6-17(21)18-12(4)19(5)16-8-14-10-20(11(2)3)9-13(14)7-15(16)18/h7-8,11H,6,9-10H2,1-5H3. The minimum absolute atomic E-state index is 0.247. The number of nitrogens with zero attached hydrogens (tertiary/aromatic N) is 2. The highest BCUT2D eigenvalue weighted by atomic mass is 16.1. The van der Waals surface area contributed by atoms with Crippen LogP contribution in [-0.4, -0.2) is 21.3 Å². The average Bonchev–Trinajstić information content (AvgIpc) is 2.97. The van der Waals surface area contributed by atoms with E-state index in [0.717, 1.165) is 29.7 Å². The largest absolute Gasteiger partial charge is 0.347 e. The zero-order valence-corrected chi connectivity index (χ0v) is 13.7. The fraction of sp³-hybridized carbons (Fsp3) is 0.500. The van der Waals surface area contributed by atoms with Crippen LogP contribution in [0.5, 0.6) is 0 Å². The van der Waals surface area contributed by atoms with Crippen molar-refractivity contribution >= 4 is 16.7 Å². The number of aromatic nitrogens is 1. The first-order chi connectivity index (χ1) is 9.93. The summed E-state index contributed by atoms with van der Waals surface area (Å²) in [5.41, 5.74) is 5.98. The number of Topliss-reactive ketones (excluding diaryl/α,β-unsaturated/α-hetero) is 1. The fourth-order valence-electron chi connectivity index (χ4n) is 3.38. The Morgan fingerprint density at radius 3 is 2.43 bits per heavy atom. The summed E-state index contributed by atoms with van der Waals surface area (Å²) in [6.07, 6.45) is 0.565. The lowest BCUT2D eigenvalue weighted by atomic mass is 10.0. The lowest BCUT2D eigenvalue weighted by molar-refractivity contribution is 0.0989. The minimum atomic E-state index is 0.247. The third kappa shape index (κ3) is 2.11. The molecule has 1 aliphatic heterocycles. The summed E-state index contributed by atoms with van der Waals surface area (Å²) < 4.78 is 2.16. The number of rotatable bonds is 3. The van der Waals surface area contributed by atoms with Crippen molar-refractivity contribution in [3.63, 3.8) is 0 Å². The maximum atomic E-state index is 12.3. The Balaban J connectivity index is 2.19. The van der Waals surface area contributed by atoms with Gasteiger partial charge in [0.15, 0.2) is 5.78 Å². The van der Waals surface area contributed by atoms with Crippen LogP contribution in [0, 0.1) is 6.92 Å². The molecule has 0 spiro atoms. The number of hydrogen-bond acceptors (Lipinski definition) is 2. The summed E-state index contributed by atoms with van der Waals surface area (Å²) in [6.45, 7) is 10.5. The molecular weight excluding hydrogens is 260 g/mol. The predicted molar refractivity (Wildman–Crippen MR) is 86.7 cm³/mol. The topological polar surface area (TPSA) is 25.2 Å². The van der Waals surface area contributed by atoms with Crippen molar-refractivity contribution < 1.29 is 4.79 Å². The molecule has 2 aromatic rings. The zero-order valence-electron chi connectivity index (χ0n) is 13.7. The molecule has 0 saturated heterocycles. The van der Waals surface area contributed by atoms with Gasteiger partial charge in [-0.1, -0.05) is 6.92 Å². The quantitative estimate of drug-likeness (QED) is 0.801. The molecule has 2 heterocycles. The summed E-state index contributed by atoms with van der Waals surface area (Å²) >= 11 is 0. The van der Waals surface area contributed by atoms with E-state index in [0.29, 0.717) is 12.5 Å². The third-order valence-corrected chi connectivity index (χ3v) is 4.89. The van der Waals surface area contributed by atoms with Gasteiger partial charge in [0.2, 0.25) is 0 Å². The summed E-state index contributed by atoms with van der Waals surface area (Å²) in [4.78, 5) is 14.8. The maximum absolute atomic E-state index is 12.3. The van der Waals surface area contributed by atoms with Crippen LogP contribution in [0.2, 0.25) is 0 Å². The molecule has 0 unspecified atom stereocenters. The molecule has 0 amide bonds. The van der Waals surface area contributed by atoms with Gasteiger partial charge in [-0.3, -0.25) is 9.69 Å². The van der Waals surface area contributed by atoms with Crippen LogP contribution in [0.15, 0.2) is 12.1 Å². The van der Waals surface area contributed by atoms with E-state index in [-0.39, 0.29) is 5.78 Å². The Morgan fingerprint density at radius 2 is 1.86 bits per heavy atom. The highest BCUT2D eigenvalue weighted by Gasteiger charge is 2.24. The van der Waals surface area contributed by atoms with Gasteiger partial charge in [-0.05, 0) is 44.0 Å². The van der Waals surface area contributed by atoms with E-state index in [1.807, 2.05) is 6.92 Å². The number of benzene rings is 1. The van der Waals surface area contributed by atoms with Gasteiger partial charge in [-0.15, -0.1) is 0 Å². The third-order valence-electron chi connectivity index (χ3n) is 4.89. The number of hydrogen-bond donors (Lipinski definition) is 0. The first-order valence-electron chi connectivity index (χ1n) is 7.82. The normalized spacial score (nSPS) is 15.1. The smallest absolute Gasteiger partial charge is 0.165 e. The van der Waals surface area contributed by atoms with Crippen molar-refractivity contribution in [3.8, 4) is 0 Å². The number of fused-ring (bicyclic) bond motifs is 2. The van der Waals surface area contributed by atoms with Gasteiger partial charge in [0, 0.05) is 54.8 Å². The van der Waals surface area contributed by atoms with Crippen LogP contribution in [0.1, 0.15) is 54.4 Å². The van der Waals surface area contributed by atoms with Gasteiger partial charge < -0.3 is 4.57 Å². The molecule has 3 nitrogen and oxygen atoms in total. The minimum Gasteiger partial charge on any atom is -0.347 e. The summed E-state index contributed by atoms with van der Waals surface area (Å²) in [5, 5.41) is 1.13.